The highest BCUT2D eigenvalue weighted by Gasteiger charge is 2.09. The van der Waals surface area contributed by atoms with E-state index < -0.39 is 0 Å². The number of hydrogen-bond acceptors (Lipinski definition) is 4. The van der Waals surface area contributed by atoms with Crippen LogP contribution in [0.5, 0.6) is 0 Å². The van der Waals surface area contributed by atoms with Gasteiger partial charge < -0.3 is 9.73 Å². The van der Waals surface area contributed by atoms with E-state index in [-0.39, 0.29) is 18.1 Å². The zero-order valence-electron chi connectivity index (χ0n) is 12.4. The van der Waals surface area contributed by atoms with Crippen LogP contribution in [0.3, 0.4) is 0 Å². The minimum atomic E-state index is -0.384. The van der Waals surface area contributed by atoms with Gasteiger partial charge in [-0.05, 0) is 35.9 Å². The topological polar surface area (TPSA) is 68.0 Å². The summed E-state index contributed by atoms with van der Waals surface area (Å²) in [4.78, 5) is 12.0. The zero-order chi connectivity index (χ0) is 16.2. The average Bonchev–Trinajstić information content (AvgIpc) is 2.97. The fourth-order valence-electron chi connectivity index (χ4n) is 2.13. The lowest BCUT2D eigenvalue weighted by molar-refractivity contribution is -0.115. The highest BCUT2D eigenvalue weighted by molar-refractivity contribution is 5.92. The van der Waals surface area contributed by atoms with E-state index in [0.717, 1.165) is 5.56 Å². The van der Waals surface area contributed by atoms with Gasteiger partial charge in [0.2, 0.25) is 17.7 Å². The van der Waals surface area contributed by atoms with Gasteiger partial charge in [0, 0.05) is 18.2 Å². The number of anilines is 1. The Morgan fingerprint density at radius 3 is 2.52 bits per heavy atom. The van der Waals surface area contributed by atoms with Crippen LogP contribution in [0.1, 0.15) is 11.5 Å². The third-order valence-corrected chi connectivity index (χ3v) is 3.25. The first kappa shape index (κ1) is 14.9. The van der Waals surface area contributed by atoms with Crippen LogP contribution in [-0.4, -0.2) is 16.1 Å². The quantitative estimate of drug-likeness (QED) is 0.802. The molecular formula is C17H14FN3O2. The summed E-state index contributed by atoms with van der Waals surface area (Å²) in [5, 5.41) is 10.4. The first-order valence-electron chi connectivity index (χ1n) is 7.05. The van der Waals surface area contributed by atoms with Crippen LogP contribution in [0.4, 0.5) is 10.1 Å². The van der Waals surface area contributed by atoms with Gasteiger partial charge >= 0.3 is 0 Å². The molecule has 2 aromatic carbocycles. The molecular weight excluding hydrogens is 297 g/mol. The van der Waals surface area contributed by atoms with E-state index >= 15 is 0 Å². The van der Waals surface area contributed by atoms with Gasteiger partial charge in [-0.2, -0.15) is 0 Å². The number of carbonyl (C=O) groups excluding carboxylic acids is 1. The summed E-state index contributed by atoms with van der Waals surface area (Å²) in [6.45, 7) is 1.72. The number of hydrogen-bond donors (Lipinski definition) is 1. The molecule has 0 aliphatic heterocycles. The van der Waals surface area contributed by atoms with Crippen LogP contribution in [0, 0.1) is 12.7 Å². The summed E-state index contributed by atoms with van der Waals surface area (Å²) >= 11 is 0. The molecule has 116 valence electrons. The number of halogens is 1. The Morgan fingerprint density at radius 2 is 1.87 bits per heavy atom. The van der Waals surface area contributed by atoms with Crippen LogP contribution in [0.2, 0.25) is 0 Å². The number of aryl methyl sites for hydroxylation is 1. The Hall–Kier alpha value is -3.02. The summed E-state index contributed by atoms with van der Waals surface area (Å²) < 4.78 is 18.9. The van der Waals surface area contributed by atoms with Crippen molar-refractivity contribution >= 4 is 11.6 Å². The van der Waals surface area contributed by atoms with Crippen molar-refractivity contribution < 1.29 is 13.6 Å². The van der Waals surface area contributed by atoms with Crippen LogP contribution >= 0.6 is 0 Å². The summed E-state index contributed by atoms with van der Waals surface area (Å²) in [6.07, 6.45) is -0.0166. The summed E-state index contributed by atoms with van der Waals surface area (Å²) in [7, 11) is 0. The molecule has 0 radical (unpaired) electrons. The van der Waals surface area contributed by atoms with Gasteiger partial charge in [0.25, 0.3) is 0 Å². The third kappa shape index (κ3) is 3.60. The molecule has 1 N–H and O–H groups in total. The number of carbonyl (C=O) groups is 1. The predicted octanol–water partition coefficient (Wildman–Crippen LogP) is 3.37. The van der Waals surface area contributed by atoms with Crippen molar-refractivity contribution in [3.63, 3.8) is 0 Å². The van der Waals surface area contributed by atoms with E-state index in [0.29, 0.717) is 23.0 Å². The van der Waals surface area contributed by atoms with Crippen LogP contribution in [0.15, 0.2) is 52.9 Å². The third-order valence-electron chi connectivity index (χ3n) is 3.25. The number of rotatable bonds is 4. The Morgan fingerprint density at radius 1 is 1.13 bits per heavy atom. The van der Waals surface area contributed by atoms with E-state index in [1.165, 1.54) is 6.07 Å². The molecule has 1 heterocycles. The van der Waals surface area contributed by atoms with Crippen molar-refractivity contribution in [1.82, 2.24) is 10.2 Å². The Bertz CT molecular complexity index is 828. The van der Waals surface area contributed by atoms with E-state index in [9.17, 15) is 9.18 Å². The predicted molar refractivity (Wildman–Crippen MR) is 83.2 cm³/mol. The molecule has 0 saturated carbocycles. The van der Waals surface area contributed by atoms with E-state index in [2.05, 4.69) is 15.5 Å². The zero-order valence-corrected chi connectivity index (χ0v) is 12.4. The van der Waals surface area contributed by atoms with Gasteiger partial charge in [0.15, 0.2) is 0 Å². The number of nitrogens with one attached hydrogen (secondary N) is 1. The number of amides is 1. The molecule has 23 heavy (non-hydrogen) atoms. The normalized spacial score (nSPS) is 10.5. The molecule has 0 saturated heterocycles. The second kappa shape index (κ2) is 6.39. The fraction of sp³-hybridized carbons (Fsp3) is 0.118. The lowest BCUT2D eigenvalue weighted by Crippen LogP contribution is -2.15. The lowest BCUT2D eigenvalue weighted by atomic mass is 10.1. The second-order valence-corrected chi connectivity index (χ2v) is 5.02. The first-order valence-corrected chi connectivity index (χ1v) is 7.05. The molecule has 3 rings (SSSR count). The maximum absolute atomic E-state index is 13.5. The van der Waals surface area contributed by atoms with Crippen molar-refractivity contribution in [3.8, 4) is 11.5 Å². The first-order chi connectivity index (χ1) is 11.1. The van der Waals surface area contributed by atoms with Crippen molar-refractivity contribution in [1.29, 1.82) is 0 Å². The fourth-order valence-corrected chi connectivity index (χ4v) is 2.13. The van der Waals surface area contributed by atoms with Crippen molar-refractivity contribution in [2.24, 2.45) is 0 Å². The molecule has 0 aliphatic rings. The smallest absolute Gasteiger partial charge is 0.247 e. The van der Waals surface area contributed by atoms with Crippen LogP contribution in [0.25, 0.3) is 11.5 Å². The Labute approximate surface area is 132 Å². The molecule has 0 spiro atoms. The molecule has 0 atom stereocenters. The monoisotopic (exact) mass is 311 g/mol. The summed E-state index contributed by atoms with van der Waals surface area (Å²) in [6, 6.07) is 13.2. The van der Waals surface area contributed by atoms with Gasteiger partial charge in [0.05, 0.1) is 6.42 Å². The van der Waals surface area contributed by atoms with Gasteiger partial charge in [-0.25, -0.2) is 4.39 Å². The van der Waals surface area contributed by atoms with E-state index in [1.54, 1.807) is 49.4 Å². The molecule has 1 aromatic heterocycles. The van der Waals surface area contributed by atoms with Crippen molar-refractivity contribution in [2.45, 2.75) is 13.3 Å². The molecule has 3 aromatic rings. The standard InChI is InChI=1S/C17H14FN3O2/c1-11-20-21-17(23-11)12-6-8-14(9-7-12)19-16(22)10-13-4-2-3-5-15(13)18/h2-9H,10H2,1H3,(H,19,22). The van der Waals surface area contributed by atoms with Gasteiger partial charge in [0.1, 0.15) is 5.82 Å². The Kier molecular flexibility index (Phi) is 4.14. The maximum Gasteiger partial charge on any atom is 0.247 e. The van der Waals surface area contributed by atoms with Crippen LogP contribution in [-0.2, 0) is 11.2 Å². The molecule has 0 aliphatic carbocycles. The highest BCUT2D eigenvalue weighted by Crippen LogP contribution is 2.20. The maximum atomic E-state index is 13.5. The second-order valence-electron chi connectivity index (χ2n) is 5.02. The largest absolute Gasteiger partial charge is 0.421 e. The molecule has 6 heteroatoms. The van der Waals surface area contributed by atoms with Crippen LogP contribution < -0.4 is 5.32 Å². The SMILES string of the molecule is Cc1nnc(-c2ccc(NC(=O)Cc3ccccc3F)cc2)o1. The van der Waals surface area contributed by atoms with E-state index in [4.69, 9.17) is 4.42 Å². The number of benzene rings is 2. The van der Waals surface area contributed by atoms with E-state index in [1.807, 2.05) is 0 Å². The molecule has 0 fully saturated rings. The van der Waals surface area contributed by atoms with Gasteiger partial charge in [-0.1, -0.05) is 18.2 Å². The van der Waals surface area contributed by atoms with Crippen molar-refractivity contribution in [3.05, 3.63) is 65.8 Å². The van der Waals surface area contributed by atoms with Gasteiger partial charge in [-0.15, -0.1) is 10.2 Å². The molecule has 1 amide bonds. The molecule has 5 nitrogen and oxygen atoms in total. The minimum absolute atomic E-state index is 0.0166. The number of aromatic nitrogens is 2. The lowest BCUT2D eigenvalue weighted by Gasteiger charge is -2.06. The summed E-state index contributed by atoms with van der Waals surface area (Å²) in [5.74, 6) is 0.246. The van der Waals surface area contributed by atoms with Crippen molar-refractivity contribution in [2.75, 3.05) is 5.32 Å². The highest BCUT2D eigenvalue weighted by atomic mass is 19.1. The summed E-state index contributed by atoms with van der Waals surface area (Å²) in [5.41, 5.74) is 1.74. The molecule has 0 bridgehead atoms. The van der Waals surface area contributed by atoms with Gasteiger partial charge in [-0.3, -0.25) is 4.79 Å². The average molecular weight is 311 g/mol. The minimum Gasteiger partial charge on any atom is -0.421 e. The number of nitrogens with zero attached hydrogens (tertiary/aromatic N) is 2. The molecule has 0 unspecified atom stereocenters. The Balaban J connectivity index is 1.66.